The zero-order chi connectivity index (χ0) is 18.4. The monoisotopic (exact) mass is 351 g/mol. The van der Waals surface area contributed by atoms with Crippen LogP contribution in [0.2, 0.25) is 0 Å². The van der Waals surface area contributed by atoms with Crippen molar-refractivity contribution in [3.63, 3.8) is 0 Å². The highest BCUT2D eigenvalue weighted by Crippen LogP contribution is 2.36. The van der Waals surface area contributed by atoms with E-state index in [1.54, 1.807) is 24.3 Å². The van der Waals surface area contributed by atoms with E-state index in [2.05, 4.69) is 16.6 Å². The molecule has 0 saturated carbocycles. The Morgan fingerprint density at radius 2 is 2.04 bits per heavy atom. The first-order valence-electron chi connectivity index (χ1n) is 7.62. The first-order valence-corrected chi connectivity index (χ1v) is 7.62. The predicted molar refractivity (Wildman–Crippen MR) is 88.1 cm³/mol. The SMILES string of the molecule is C=CC[C@]1(O)[C@@H](O)[C@@H](CO)O[C@@H](Oc2ccc(OC)cc2)[C@@H]1N=[N+]=[N-]. The molecule has 136 valence electrons. The lowest BCUT2D eigenvalue weighted by molar-refractivity contribution is -0.273. The number of aliphatic hydroxyl groups excluding tert-OH is 2. The van der Waals surface area contributed by atoms with E-state index in [0.29, 0.717) is 11.5 Å². The van der Waals surface area contributed by atoms with Crippen molar-refractivity contribution in [3.8, 4) is 11.5 Å². The van der Waals surface area contributed by atoms with Gasteiger partial charge in [0.05, 0.1) is 13.7 Å². The van der Waals surface area contributed by atoms with Crippen molar-refractivity contribution in [1.29, 1.82) is 0 Å². The summed E-state index contributed by atoms with van der Waals surface area (Å²) in [4.78, 5) is 2.72. The highest BCUT2D eigenvalue weighted by Gasteiger charge is 2.55. The van der Waals surface area contributed by atoms with Crippen molar-refractivity contribution in [2.45, 2.75) is 36.6 Å². The second-order valence-corrected chi connectivity index (χ2v) is 5.60. The Labute approximate surface area is 144 Å². The van der Waals surface area contributed by atoms with Gasteiger partial charge in [0.15, 0.2) is 0 Å². The van der Waals surface area contributed by atoms with Gasteiger partial charge in [0.1, 0.15) is 35.3 Å². The molecule has 0 amide bonds. The van der Waals surface area contributed by atoms with Gasteiger partial charge in [-0.2, -0.15) is 0 Å². The molecule has 9 nitrogen and oxygen atoms in total. The molecule has 3 N–H and O–H groups in total. The van der Waals surface area contributed by atoms with Crippen molar-refractivity contribution in [1.82, 2.24) is 0 Å². The van der Waals surface area contributed by atoms with Crippen LogP contribution >= 0.6 is 0 Å². The molecule has 9 heteroatoms. The lowest BCUT2D eigenvalue weighted by atomic mass is 9.80. The molecule has 5 atom stereocenters. The number of benzene rings is 1. The topological polar surface area (TPSA) is 137 Å². The Kier molecular flexibility index (Phi) is 6.24. The van der Waals surface area contributed by atoms with E-state index < -0.39 is 36.7 Å². The first-order chi connectivity index (χ1) is 12.0. The van der Waals surface area contributed by atoms with Crippen molar-refractivity contribution < 1.29 is 29.5 Å². The van der Waals surface area contributed by atoms with Crippen molar-refractivity contribution in [3.05, 3.63) is 47.4 Å². The molecule has 0 aromatic heterocycles. The Morgan fingerprint density at radius 3 is 2.56 bits per heavy atom. The Bertz CT molecular complexity index is 633. The van der Waals surface area contributed by atoms with Crippen molar-refractivity contribution in [2.75, 3.05) is 13.7 Å². The summed E-state index contributed by atoms with van der Waals surface area (Å²) >= 11 is 0. The predicted octanol–water partition coefficient (Wildman–Crippen LogP) is 1.14. The minimum Gasteiger partial charge on any atom is -0.497 e. The van der Waals surface area contributed by atoms with E-state index in [4.69, 9.17) is 19.7 Å². The largest absolute Gasteiger partial charge is 0.497 e. The fourth-order valence-corrected chi connectivity index (χ4v) is 2.76. The molecule has 0 spiro atoms. The van der Waals surface area contributed by atoms with Crippen LogP contribution in [-0.2, 0) is 4.74 Å². The summed E-state index contributed by atoms with van der Waals surface area (Å²) in [6, 6.07) is 5.29. The van der Waals surface area contributed by atoms with E-state index in [9.17, 15) is 15.3 Å². The maximum atomic E-state index is 10.9. The second-order valence-electron chi connectivity index (χ2n) is 5.60. The minimum absolute atomic E-state index is 0.0831. The van der Waals surface area contributed by atoms with Crippen LogP contribution in [0.1, 0.15) is 6.42 Å². The average Bonchev–Trinajstić information content (AvgIpc) is 2.62. The molecule has 1 aromatic carbocycles. The van der Waals surface area contributed by atoms with Crippen LogP contribution in [0.15, 0.2) is 42.0 Å². The number of rotatable bonds is 7. The normalized spacial score (nSPS) is 31.7. The smallest absolute Gasteiger partial charge is 0.211 e. The zero-order valence-corrected chi connectivity index (χ0v) is 13.7. The molecule has 0 radical (unpaired) electrons. The van der Waals surface area contributed by atoms with Crippen LogP contribution in [-0.4, -0.2) is 59.2 Å². The van der Waals surface area contributed by atoms with Gasteiger partial charge >= 0.3 is 0 Å². The summed E-state index contributed by atoms with van der Waals surface area (Å²) < 4.78 is 16.2. The molecule has 1 aliphatic rings. The number of methoxy groups -OCH3 is 1. The van der Waals surface area contributed by atoms with Gasteiger partial charge in [-0.3, -0.25) is 0 Å². The van der Waals surface area contributed by atoms with Gasteiger partial charge in [0, 0.05) is 4.91 Å². The Balaban J connectivity index is 2.34. The Hall–Kier alpha value is -2.29. The molecule has 0 unspecified atom stereocenters. The molecule has 25 heavy (non-hydrogen) atoms. The number of aliphatic hydroxyl groups is 3. The number of nitrogens with zero attached hydrogens (tertiary/aromatic N) is 3. The van der Waals surface area contributed by atoms with Crippen LogP contribution in [0.25, 0.3) is 10.4 Å². The standard InChI is InChI=1S/C16H21N3O6/c1-3-8-16(22)13(18-19-17)15(25-12(9-20)14(16)21)24-11-6-4-10(23-2)5-7-11/h3-7,12-15,20-22H,1,8-9H2,2H3/t12-,13+,14+,15-,16-/m1/s1. The average molecular weight is 351 g/mol. The molecular weight excluding hydrogens is 330 g/mol. The lowest BCUT2D eigenvalue weighted by Gasteiger charge is -2.47. The molecule has 1 fully saturated rings. The quantitative estimate of drug-likeness (QED) is 0.291. The maximum Gasteiger partial charge on any atom is 0.211 e. The van der Waals surface area contributed by atoms with Crippen LogP contribution in [0.4, 0.5) is 0 Å². The second kappa shape index (κ2) is 8.19. The van der Waals surface area contributed by atoms with Gasteiger partial charge in [-0.05, 0) is 36.2 Å². The summed E-state index contributed by atoms with van der Waals surface area (Å²) in [5.74, 6) is 0.994. The molecule has 0 bridgehead atoms. The molecule has 0 aliphatic carbocycles. The summed E-state index contributed by atoms with van der Waals surface area (Å²) in [5.41, 5.74) is 6.95. The van der Waals surface area contributed by atoms with E-state index in [0.717, 1.165) is 0 Å². The highest BCUT2D eigenvalue weighted by atomic mass is 16.7. The van der Waals surface area contributed by atoms with Crippen molar-refractivity contribution in [2.24, 2.45) is 5.11 Å². The maximum absolute atomic E-state index is 10.9. The van der Waals surface area contributed by atoms with Gasteiger partial charge in [0.25, 0.3) is 0 Å². The molecule has 1 heterocycles. The van der Waals surface area contributed by atoms with Crippen LogP contribution in [0.3, 0.4) is 0 Å². The van der Waals surface area contributed by atoms with E-state index >= 15 is 0 Å². The number of azide groups is 1. The number of hydrogen-bond acceptors (Lipinski definition) is 7. The fourth-order valence-electron chi connectivity index (χ4n) is 2.76. The third kappa shape index (κ3) is 3.87. The number of hydrogen-bond donors (Lipinski definition) is 3. The minimum atomic E-state index is -1.89. The summed E-state index contributed by atoms with van der Waals surface area (Å²) in [6.45, 7) is 2.99. The lowest BCUT2D eigenvalue weighted by Crippen LogP contribution is -2.67. The zero-order valence-electron chi connectivity index (χ0n) is 13.7. The number of ether oxygens (including phenoxy) is 3. The van der Waals surface area contributed by atoms with E-state index in [1.165, 1.54) is 13.2 Å². The summed E-state index contributed by atoms with van der Waals surface area (Å²) in [5, 5.41) is 34.2. The Morgan fingerprint density at radius 1 is 1.40 bits per heavy atom. The molecule has 1 aliphatic heterocycles. The van der Waals surface area contributed by atoms with Gasteiger partial charge in [-0.25, -0.2) is 0 Å². The fraction of sp³-hybridized carbons (Fsp3) is 0.500. The highest BCUT2D eigenvalue weighted by molar-refractivity contribution is 5.31. The molecule has 2 rings (SSSR count). The molecule has 1 aromatic rings. The third-order valence-corrected chi connectivity index (χ3v) is 4.08. The summed E-state index contributed by atoms with van der Waals surface area (Å²) in [7, 11) is 1.53. The van der Waals surface area contributed by atoms with Gasteiger partial charge < -0.3 is 29.5 Å². The van der Waals surface area contributed by atoms with Crippen molar-refractivity contribution >= 4 is 0 Å². The van der Waals surface area contributed by atoms with Gasteiger partial charge in [-0.15, -0.1) is 6.58 Å². The third-order valence-electron chi connectivity index (χ3n) is 4.08. The van der Waals surface area contributed by atoms with Crippen LogP contribution in [0, 0.1) is 0 Å². The van der Waals surface area contributed by atoms with E-state index in [1.807, 2.05) is 0 Å². The van der Waals surface area contributed by atoms with Crippen LogP contribution < -0.4 is 9.47 Å². The first kappa shape index (κ1) is 19.0. The molecule has 1 saturated heterocycles. The summed E-state index contributed by atoms with van der Waals surface area (Å²) in [6.07, 6.45) is -2.51. The van der Waals surface area contributed by atoms with Gasteiger partial charge in [0.2, 0.25) is 6.29 Å². The van der Waals surface area contributed by atoms with E-state index in [-0.39, 0.29) is 6.42 Å². The van der Waals surface area contributed by atoms with Gasteiger partial charge in [-0.1, -0.05) is 11.2 Å². The van der Waals surface area contributed by atoms with Crippen LogP contribution in [0.5, 0.6) is 11.5 Å². The molecular formula is C16H21N3O6.